The van der Waals surface area contributed by atoms with Crippen molar-refractivity contribution in [1.29, 1.82) is 0 Å². The van der Waals surface area contributed by atoms with Gasteiger partial charge in [0.15, 0.2) is 0 Å². The number of hydrogen-bond donors (Lipinski definition) is 1. The average molecular weight is 293 g/mol. The molecule has 0 amide bonds. The lowest BCUT2D eigenvalue weighted by atomic mass is 10.3. The van der Waals surface area contributed by atoms with Crippen LogP contribution < -0.4 is 5.32 Å². The first-order chi connectivity index (χ1) is 9.28. The zero-order valence-corrected chi connectivity index (χ0v) is 13.0. The van der Waals surface area contributed by atoms with E-state index in [1.54, 1.807) is 11.3 Å². The Balaban J connectivity index is 1.89. The standard InChI is InChI=1S/C14H19N3S2/c1-3-7-15-12(13-16-9(2)8-18-13)14-17-10-5-4-6-11(10)19-14/h8,12,15H,3-7H2,1-2H3. The van der Waals surface area contributed by atoms with Crippen LogP contribution in [0.4, 0.5) is 0 Å². The van der Waals surface area contributed by atoms with Gasteiger partial charge in [-0.25, -0.2) is 9.97 Å². The van der Waals surface area contributed by atoms with Crippen molar-refractivity contribution >= 4 is 22.7 Å². The first-order valence-electron chi connectivity index (χ1n) is 6.91. The Kier molecular flexibility index (Phi) is 3.96. The van der Waals surface area contributed by atoms with E-state index in [1.807, 2.05) is 11.3 Å². The number of hydrogen-bond acceptors (Lipinski definition) is 5. The van der Waals surface area contributed by atoms with Crippen molar-refractivity contribution in [2.45, 2.75) is 45.6 Å². The summed E-state index contributed by atoms with van der Waals surface area (Å²) in [6.07, 6.45) is 4.78. The van der Waals surface area contributed by atoms with Gasteiger partial charge < -0.3 is 5.32 Å². The molecule has 0 saturated heterocycles. The van der Waals surface area contributed by atoms with Crippen LogP contribution in [0, 0.1) is 6.92 Å². The second-order valence-electron chi connectivity index (χ2n) is 4.99. The predicted molar refractivity (Wildman–Crippen MR) is 81.1 cm³/mol. The quantitative estimate of drug-likeness (QED) is 0.917. The smallest absolute Gasteiger partial charge is 0.117 e. The van der Waals surface area contributed by atoms with Crippen LogP contribution in [0.15, 0.2) is 5.38 Å². The average Bonchev–Trinajstić information content (AvgIpc) is 3.05. The fraction of sp³-hybridized carbons (Fsp3) is 0.571. The van der Waals surface area contributed by atoms with Crippen LogP contribution in [0.5, 0.6) is 0 Å². The molecule has 1 aliphatic rings. The maximum absolute atomic E-state index is 4.85. The number of rotatable bonds is 5. The molecule has 5 heteroatoms. The summed E-state index contributed by atoms with van der Waals surface area (Å²) in [5.41, 5.74) is 2.43. The molecule has 2 heterocycles. The number of nitrogens with one attached hydrogen (secondary N) is 1. The Bertz CT molecular complexity index is 537. The molecule has 2 aromatic heterocycles. The fourth-order valence-electron chi connectivity index (χ4n) is 2.41. The van der Waals surface area contributed by atoms with Crippen LogP contribution in [0.3, 0.4) is 0 Å². The molecule has 3 nitrogen and oxygen atoms in total. The normalized spacial score (nSPS) is 15.7. The number of aryl methyl sites for hydroxylation is 3. The number of thiazole rings is 2. The Morgan fingerprint density at radius 3 is 2.89 bits per heavy atom. The van der Waals surface area contributed by atoms with E-state index in [1.165, 1.54) is 28.4 Å². The van der Waals surface area contributed by atoms with Gasteiger partial charge in [-0.2, -0.15) is 0 Å². The summed E-state index contributed by atoms with van der Waals surface area (Å²) in [5, 5.41) is 8.07. The van der Waals surface area contributed by atoms with Gasteiger partial charge in [0.25, 0.3) is 0 Å². The fourth-order valence-corrected chi connectivity index (χ4v) is 4.59. The number of fused-ring (bicyclic) bond motifs is 1. The van der Waals surface area contributed by atoms with Crippen LogP contribution >= 0.6 is 22.7 Å². The van der Waals surface area contributed by atoms with Crippen molar-refractivity contribution in [2.75, 3.05) is 6.54 Å². The zero-order valence-electron chi connectivity index (χ0n) is 11.4. The van der Waals surface area contributed by atoms with Crippen molar-refractivity contribution in [3.8, 4) is 0 Å². The molecule has 0 saturated carbocycles. The lowest BCUT2D eigenvalue weighted by molar-refractivity contribution is 0.591. The van der Waals surface area contributed by atoms with Crippen LogP contribution in [0.2, 0.25) is 0 Å². The van der Waals surface area contributed by atoms with E-state index in [4.69, 9.17) is 4.98 Å². The highest BCUT2D eigenvalue weighted by molar-refractivity contribution is 7.12. The largest absolute Gasteiger partial charge is 0.302 e. The van der Waals surface area contributed by atoms with Gasteiger partial charge in [-0.3, -0.25) is 0 Å². The number of nitrogens with zero attached hydrogens (tertiary/aromatic N) is 2. The minimum atomic E-state index is 0.189. The van der Waals surface area contributed by atoms with Gasteiger partial charge in [0.2, 0.25) is 0 Å². The molecule has 1 unspecified atom stereocenters. The summed E-state index contributed by atoms with van der Waals surface area (Å²) < 4.78 is 0. The molecule has 1 aliphatic carbocycles. The highest BCUT2D eigenvalue weighted by Gasteiger charge is 2.24. The van der Waals surface area contributed by atoms with Gasteiger partial charge in [-0.1, -0.05) is 6.92 Å². The SMILES string of the molecule is CCCNC(c1nc(C)cs1)c1nc2c(s1)CCC2. The highest BCUT2D eigenvalue weighted by atomic mass is 32.1. The van der Waals surface area contributed by atoms with E-state index >= 15 is 0 Å². The predicted octanol–water partition coefficient (Wildman–Crippen LogP) is 3.49. The van der Waals surface area contributed by atoms with Crippen molar-refractivity contribution in [3.63, 3.8) is 0 Å². The summed E-state index contributed by atoms with van der Waals surface area (Å²) in [6, 6.07) is 0.189. The lowest BCUT2D eigenvalue weighted by Crippen LogP contribution is -2.23. The first kappa shape index (κ1) is 13.2. The van der Waals surface area contributed by atoms with Crippen molar-refractivity contribution in [3.05, 3.63) is 31.7 Å². The molecule has 102 valence electrons. The summed E-state index contributed by atoms with van der Waals surface area (Å²) in [7, 11) is 0. The second-order valence-corrected chi connectivity index (χ2v) is 6.99. The van der Waals surface area contributed by atoms with Crippen LogP contribution in [-0.2, 0) is 12.8 Å². The highest BCUT2D eigenvalue weighted by Crippen LogP contribution is 2.34. The van der Waals surface area contributed by atoms with Gasteiger partial charge in [0.1, 0.15) is 16.1 Å². The molecule has 19 heavy (non-hydrogen) atoms. The summed E-state index contributed by atoms with van der Waals surface area (Å²) in [5.74, 6) is 0. The maximum Gasteiger partial charge on any atom is 0.117 e. The van der Waals surface area contributed by atoms with E-state index < -0.39 is 0 Å². The van der Waals surface area contributed by atoms with E-state index in [9.17, 15) is 0 Å². The Hall–Kier alpha value is -0.780. The maximum atomic E-state index is 4.85. The van der Waals surface area contributed by atoms with E-state index in [0.29, 0.717) is 0 Å². The van der Waals surface area contributed by atoms with Gasteiger partial charge in [-0.05, 0) is 39.2 Å². The third kappa shape index (κ3) is 2.73. The molecule has 0 radical (unpaired) electrons. The molecule has 1 atom stereocenters. The molecule has 0 bridgehead atoms. The first-order valence-corrected chi connectivity index (χ1v) is 8.61. The van der Waals surface area contributed by atoms with E-state index in [2.05, 4.69) is 29.5 Å². The van der Waals surface area contributed by atoms with Gasteiger partial charge in [0.05, 0.1) is 5.69 Å². The Labute approximate surface area is 122 Å². The molecular weight excluding hydrogens is 274 g/mol. The molecule has 3 rings (SSSR count). The third-order valence-electron chi connectivity index (χ3n) is 3.34. The summed E-state index contributed by atoms with van der Waals surface area (Å²) >= 11 is 3.61. The third-order valence-corrected chi connectivity index (χ3v) is 5.59. The van der Waals surface area contributed by atoms with Crippen molar-refractivity contribution in [1.82, 2.24) is 15.3 Å². The number of aromatic nitrogens is 2. The van der Waals surface area contributed by atoms with Gasteiger partial charge in [-0.15, -0.1) is 22.7 Å². The second kappa shape index (κ2) is 5.69. The minimum Gasteiger partial charge on any atom is -0.302 e. The van der Waals surface area contributed by atoms with Crippen LogP contribution in [0.1, 0.15) is 52.1 Å². The van der Waals surface area contributed by atoms with Crippen LogP contribution in [0.25, 0.3) is 0 Å². The minimum absolute atomic E-state index is 0.189. The Morgan fingerprint density at radius 1 is 1.32 bits per heavy atom. The van der Waals surface area contributed by atoms with E-state index in [-0.39, 0.29) is 6.04 Å². The monoisotopic (exact) mass is 293 g/mol. The topological polar surface area (TPSA) is 37.8 Å². The van der Waals surface area contributed by atoms with Crippen LogP contribution in [-0.4, -0.2) is 16.5 Å². The summed E-state index contributed by atoms with van der Waals surface area (Å²) in [6.45, 7) is 5.26. The van der Waals surface area contributed by atoms with Crippen molar-refractivity contribution < 1.29 is 0 Å². The molecule has 0 aliphatic heterocycles. The van der Waals surface area contributed by atoms with Gasteiger partial charge in [0, 0.05) is 16.0 Å². The molecule has 0 fully saturated rings. The molecule has 0 spiro atoms. The molecule has 2 aromatic rings. The molecule has 1 N–H and O–H groups in total. The Morgan fingerprint density at radius 2 is 2.21 bits per heavy atom. The summed E-state index contributed by atoms with van der Waals surface area (Å²) in [4.78, 5) is 11.0. The lowest BCUT2D eigenvalue weighted by Gasteiger charge is -2.13. The van der Waals surface area contributed by atoms with E-state index in [0.717, 1.165) is 30.1 Å². The molecular formula is C14H19N3S2. The molecule has 0 aromatic carbocycles. The van der Waals surface area contributed by atoms with Crippen molar-refractivity contribution in [2.24, 2.45) is 0 Å². The zero-order chi connectivity index (χ0) is 13.2. The van der Waals surface area contributed by atoms with Gasteiger partial charge >= 0.3 is 0 Å².